The Kier molecular flexibility index (Phi) is 4.50. The highest BCUT2D eigenvalue weighted by Gasteiger charge is 2.26. The SMILES string of the molecule is CCOC(=O)/C(C1=NCCC1)=C(/O)c1ccccc1F. The van der Waals surface area contributed by atoms with Gasteiger partial charge in [-0.3, -0.25) is 4.99 Å². The lowest BCUT2D eigenvalue weighted by Gasteiger charge is -2.11. The maximum atomic E-state index is 13.8. The van der Waals surface area contributed by atoms with Crippen molar-refractivity contribution in [1.82, 2.24) is 0 Å². The number of carbonyl (C=O) groups excluding carboxylic acids is 1. The number of aliphatic hydroxyl groups is 1. The lowest BCUT2D eigenvalue weighted by Crippen LogP contribution is -2.17. The van der Waals surface area contributed by atoms with E-state index in [0.717, 1.165) is 6.42 Å². The standard InChI is InChI=1S/C15H16FNO3/c1-2-20-15(19)13(12-8-5-9-17-12)14(18)10-6-3-4-7-11(10)16/h3-4,6-7,18H,2,5,8-9H2,1H3/b14-13+. The Labute approximate surface area is 116 Å². The fourth-order valence-corrected chi connectivity index (χ4v) is 2.09. The smallest absolute Gasteiger partial charge is 0.343 e. The van der Waals surface area contributed by atoms with E-state index in [1.807, 2.05) is 0 Å². The van der Waals surface area contributed by atoms with Crippen molar-refractivity contribution in [2.24, 2.45) is 4.99 Å². The van der Waals surface area contributed by atoms with Gasteiger partial charge in [0.2, 0.25) is 0 Å². The van der Waals surface area contributed by atoms with Crippen LogP contribution < -0.4 is 0 Å². The van der Waals surface area contributed by atoms with Crippen LogP contribution in [0.2, 0.25) is 0 Å². The van der Waals surface area contributed by atoms with Gasteiger partial charge in [0.05, 0.1) is 17.9 Å². The number of hydrogen-bond acceptors (Lipinski definition) is 4. The number of aliphatic hydroxyl groups excluding tert-OH is 1. The van der Waals surface area contributed by atoms with Crippen molar-refractivity contribution in [3.05, 3.63) is 41.2 Å². The highest BCUT2D eigenvalue weighted by atomic mass is 19.1. The molecule has 0 unspecified atom stereocenters. The first-order chi connectivity index (χ1) is 9.65. The minimum Gasteiger partial charge on any atom is -0.506 e. The summed E-state index contributed by atoms with van der Waals surface area (Å²) in [5, 5.41) is 10.3. The van der Waals surface area contributed by atoms with E-state index < -0.39 is 17.5 Å². The topological polar surface area (TPSA) is 58.9 Å². The Morgan fingerprint density at radius 1 is 1.45 bits per heavy atom. The third-order valence-electron chi connectivity index (χ3n) is 3.01. The van der Waals surface area contributed by atoms with Crippen molar-refractivity contribution in [2.45, 2.75) is 19.8 Å². The molecule has 0 radical (unpaired) electrons. The van der Waals surface area contributed by atoms with Crippen molar-refractivity contribution in [2.75, 3.05) is 13.2 Å². The normalized spacial score (nSPS) is 15.6. The van der Waals surface area contributed by atoms with E-state index in [2.05, 4.69) is 4.99 Å². The van der Waals surface area contributed by atoms with Gasteiger partial charge in [0.25, 0.3) is 0 Å². The molecule has 0 amide bonds. The molecule has 0 saturated heterocycles. The molecule has 0 aromatic heterocycles. The summed E-state index contributed by atoms with van der Waals surface area (Å²) in [5.74, 6) is -1.68. The fraction of sp³-hybridized carbons (Fsp3) is 0.333. The van der Waals surface area contributed by atoms with Crippen LogP contribution in [0, 0.1) is 5.82 Å². The fourth-order valence-electron chi connectivity index (χ4n) is 2.09. The van der Waals surface area contributed by atoms with Gasteiger partial charge >= 0.3 is 5.97 Å². The van der Waals surface area contributed by atoms with Crippen LogP contribution in [0.15, 0.2) is 34.8 Å². The van der Waals surface area contributed by atoms with E-state index in [4.69, 9.17) is 4.74 Å². The van der Waals surface area contributed by atoms with E-state index in [-0.39, 0.29) is 17.7 Å². The average Bonchev–Trinajstić information content (AvgIpc) is 2.93. The van der Waals surface area contributed by atoms with Crippen molar-refractivity contribution in [1.29, 1.82) is 0 Å². The first-order valence-corrected chi connectivity index (χ1v) is 6.54. The first-order valence-electron chi connectivity index (χ1n) is 6.54. The van der Waals surface area contributed by atoms with Crippen molar-refractivity contribution >= 4 is 17.4 Å². The summed E-state index contributed by atoms with van der Waals surface area (Å²) in [7, 11) is 0. The van der Waals surface area contributed by atoms with Crippen molar-refractivity contribution in [3.8, 4) is 0 Å². The Bertz CT molecular complexity index is 578. The van der Waals surface area contributed by atoms with Gasteiger partial charge in [0.15, 0.2) is 0 Å². The van der Waals surface area contributed by atoms with Crippen LogP contribution in [-0.2, 0) is 9.53 Å². The molecule has 0 spiro atoms. The number of hydrogen-bond donors (Lipinski definition) is 1. The average molecular weight is 277 g/mol. The summed E-state index contributed by atoms with van der Waals surface area (Å²) in [5.41, 5.74) is 0.420. The highest BCUT2D eigenvalue weighted by Crippen LogP contribution is 2.24. The predicted molar refractivity (Wildman–Crippen MR) is 74.1 cm³/mol. The van der Waals surface area contributed by atoms with Crippen LogP contribution >= 0.6 is 0 Å². The minimum absolute atomic E-state index is 0.0230. The molecule has 20 heavy (non-hydrogen) atoms. The molecule has 1 N–H and O–H groups in total. The summed E-state index contributed by atoms with van der Waals surface area (Å²) in [6.07, 6.45) is 1.38. The number of esters is 1. The first kappa shape index (κ1) is 14.2. The quantitative estimate of drug-likeness (QED) is 0.523. The largest absolute Gasteiger partial charge is 0.506 e. The van der Waals surface area contributed by atoms with E-state index in [1.54, 1.807) is 13.0 Å². The molecule has 1 heterocycles. The van der Waals surface area contributed by atoms with Gasteiger partial charge in [-0.05, 0) is 31.9 Å². The number of carbonyl (C=O) groups is 1. The Hall–Kier alpha value is -2.17. The number of ether oxygens (including phenoxy) is 1. The number of nitrogens with zero attached hydrogens (tertiary/aromatic N) is 1. The lowest BCUT2D eigenvalue weighted by atomic mass is 10.0. The van der Waals surface area contributed by atoms with Crippen LogP contribution in [0.5, 0.6) is 0 Å². The monoisotopic (exact) mass is 277 g/mol. The Morgan fingerprint density at radius 2 is 2.20 bits per heavy atom. The van der Waals surface area contributed by atoms with Crippen LogP contribution in [0.25, 0.3) is 5.76 Å². The second kappa shape index (κ2) is 6.32. The van der Waals surface area contributed by atoms with Crippen LogP contribution in [-0.4, -0.2) is 29.9 Å². The maximum Gasteiger partial charge on any atom is 0.343 e. The van der Waals surface area contributed by atoms with Gasteiger partial charge < -0.3 is 9.84 Å². The number of benzene rings is 1. The number of halogens is 1. The van der Waals surface area contributed by atoms with Gasteiger partial charge in [0, 0.05) is 6.54 Å². The second-order valence-corrected chi connectivity index (χ2v) is 4.36. The molecule has 0 bridgehead atoms. The minimum atomic E-state index is -0.672. The third-order valence-corrected chi connectivity index (χ3v) is 3.01. The highest BCUT2D eigenvalue weighted by molar-refractivity contribution is 6.24. The third kappa shape index (κ3) is 2.87. The van der Waals surface area contributed by atoms with Gasteiger partial charge in [-0.15, -0.1) is 0 Å². The van der Waals surface area contributed by atoms with Crippen LogP contribution in [0.1, 0.15) is 25.3 Å². The molecule has 5 heteroatoms. The van der Waals surface area contributed by atoms with Crippen LogP contribution in [0.3, 0.4) is 0 Å². The second-order valence-electron chi connectivity index (χ2n) is 4.36. The Morgan fingerprint density at radius 3 is 2.80 bits per heavy atom. The van der Waals surface area contributed by atoms with Gasteiger partial charge in [0.1, 0.15) is 17.1 Å². The molecule has 106 valence electrons. The molecule has 1 aromatic carbocycles. The van der Waals surface area contributed by atoms with Crippen LogP contribution in [0.4, 0.5) is 4.39 Å². The van der Waals surface area contributed by atoms with Crippen molar-refractivity contribution in [3.63, 3.8) is 0 Å². The zero-order valence-corrected chi connectivity index (χ0v) is 11.2. The van der Waals surface area contributed by atoms with Crippen molar-refractivity contribution < 1.29 is 19.0 Å². The molecule has 4 nitrogen and oxygen atoms in total. The van der Waals surface area contributed by atoms with E-state index in [9.17, 15) is 14.3 Å². The Balaban J connectivity index is 2.51. The van der Waals surface area contributed by atoms with E-state index in [1.165, 1.54) is 18.2 Å². The number of aliphatic imine (C=N–C) groups is 1. The molecule has 0 fully saturated rings. The van der Waals surface area contributed by atoms with E-state index in [0.29, 0.717) is 18.7 Å². The van der Waals surface area contributed by atoms with Gasteiger partial charge in [-0.25, -0.2) is 9.18 Å². The lowest BCUT2D eigenvalue weighted by molar-refractivity contribution is -0.137. The molecule has 1 aliphatic heterocycles. The summed E-state index contributed by atoms with van der Waals surface area (Å²) >= 11 is 0. The molecule has 2 rings (SSSR count). The molecule has 0 atom stereocenters. The molecule has 1 aromatic rings. The zero-order valence-electron chi connectivity index (χ0n) is 11.2. The van der Waals surface area contributed by atoms with Gasteiger partial charge in [-0.2, -0.15) is 0 Å². The zero-order chi connectivity index (χ0) is 14.5. The predicted octanol–water partition coefficient (Wildman–Crippen LogP) is 2.89. The van der Waals surface area contributed by atoms with Gasteiger partial charge in [-0.1, -0.05) is 12.1 Å². The molecular formula is C15H16FNO3. The summed E-state index contributed by atoms with van der Waals surface area (Å²) in [6.45, 7) is 2.45. The summed E-state index contributed by atoms with van der Waals surface area (Å²) in [6, 6.07) is 5.75. The summed E-state index contributed by atoms with van der Waals surface area (Å²) in [4.78, 5) is 16.2. The molecule has 0 aliphatic carbocycles. The number of rotatable bonds is 4. The molecular weight excluding hydrogens is 261 g/mol. The summed E-state index contributed by atoms with van der Waals surface area (Å²) < 4.78 is 18.7. The molecule has 1 aliphatic rings. The maximum absolute atomic E-state index is 13.8. The molecule has 0 saturated carbocycles. The van der Waals surface area contributed by atoms with E-state index >= 15 is 0 Å².